The van der Waals surface area contributed by atoms with Crippen LogP contribution in [0.25, 0.3) is 0 Å². The molecule has 1 aliphatic rings. The van der Waals surface area contributed by atoms with Crippen molar-refractivity contribution < 1.29 is 4.79 Å². The molecule has 0 aliphatic heterocycles. The van der Waals surface area contributed by atoms with Gasteiger partial charge in [-0.15, -0.1) is 0 Å². The summed E-state index contributed by atoms with van der Waals surface area (Å²) in [4.78, 5) is 14.6. The summed E-state index contributed by atoms with van der Waals surface area (Å²) in [6, 6.07) is 4.03. The van der Waals surface area contributed by atoms with Gasteiger partial charge in [-0.25, -0.2) is 4.79 Å². The second-order valence-corrected chi connectivity index (χ2v) is 4.91. The van der Waals surface area contributed by atoms with Crippen LogP contribution in [0.5, 0.6) is 0 Å². The van der Waals surface area contributed by atoms with Gasteiger partial charge in [0.1, 0.15) is 0 Å². The van der Waals surface area contributed by atoms with Gasteiger partial charge in [-0.2, -0.15) is 4.99 Å². The third-order valence-electron chi connectivity index (χ3n) is 3.43. The Morgan fingerprint density at radius 2 is 2.06 bits per heavy atom. The summed E-state index contributed by atoms with van der Waals surface area (Å²) >= 11 is 6.17. The molecule has 0 unspecified atom stereocenters. The number of halogens is 1. The van der Waals surface area contributed by atoms with E-state index in [4.69, 9.17) is 11.6 Å². The Labute approximate surface area is 100 Å². The molecular formula is C13H14ClNO. The summed E-state index contributed by atoms with van der Waals surface area (Å²) in [5.41, 5.74) is 2.89. The van der Waals surface area contributed by atoms with Crippen LogP contribution in [0.4, 0.5) is 0 Å². The summed E-state index contributed by atoms with van der Waals surface area (Å²) in [7, 11) is 0. The van der Waals surface area contributed by atoms with Crippen LogP contribution in [-0.2, 0) is 10.3 Å². The van der Waals surface area contributed by atoms with Crippen molar-refractivity contribution in [1.29, 1.82) is 0 Å². The van der Waals surface area contributed by atoms with Gasteiger partial charge in [-0.05, 0) is 55.9 Å². The van der Waals surface area contributed by atoms with E-state index in [1.807, 2.05) is 19.9 Å². The number of aryl methyl sites for hydroxylation is 1. The van der Waals surface area contributed by atoms with Gasteiger partial charge in [-0.3, -0.25) is 0 Å². The lowest BCUT2D eigenvalue weighted by molar-refractivity contribution is 0.254. The van der Waals surface area contributed by atoms with Crippen LogP contribution < -0.4 is 0 Å². The highest BCUT2D eigenvalue weighted by Gasteiger charge is 2.40. The maximum Gasteiger partial charge on any atom is 0.235 e. The van der Waals surface area contributed by atoms with Gasteiger partial charge in [-0.1, -0.05) is 17.7 Å². The lowest BCUT2D eigenvalue weighted by Gasteiger charge is -2.38. The Kier molecular flexibility index (Phi) is 2.88. The molecule has 3 heteroatoms. The highest BCUT2D eigenvalue weighted by molar-refractivity contribution is 6.31. The van der Waals surface area contributed by atoms with Crippen molar-refractivity contribution in [1.82, 2.24) is 0 Å². The van der Waals surface area contributed by atoms with Gasteiger partial charge in [0.25, 0.3) is 0 Å². The number of isocyanates is 1. The first-order valence-electron chi connectivity index (χ1n) is 5.45. The standard InChI is InChI=1S/C13H14ClNO/c1-9-6-11(10(2)12(14)7-9)13(15-8-16)4-3-5-13/h6-7H,3-5H2,1-2H3. The molecular weight excluding hydrogens is 222 g/mol. The van der Waals surface area contributed by atoms with Crippen molar-refractivity contribution in [3.05, 3.63) is 33.8 Å². The number of aliphatic imine (C=N–C) groups is 1. The maximum absolute atomic E-state index is 10.5. The largest absolute Gasteiger partial charge is 0.235 e. The normalized spacial score (nSPS) is 17.4. The molecule has 84 valence electrons. The Hall–Kier alpha value is -1.11. The second-order valence-electron chi connectivity index (χ2n) is 4.51. The summed E-state index contributed by atoms with van der Waals surface area (Å²) in [5, 5.41) is 0.752. The molecule has 0 spiro atoms. The van der Waals surface area contributed by atoms with E-state index in [1.54, 1.807) is 6.08 Å². The Morgan fingerprint density at radius 3 is 2.56 bits per heavy atom. The predicted molar refractivity (Wildman–Crippen MR) is 64.6 cm³/mol. The molecule has 0 radical (unpaired) electrons. The van der Waals surface area contributed by atoms with Crippen molar-refractivity contribution in [3.8, 4) is 0 Å². The fourth-order valence-corrected chi connectivity index (χ4v) is 2.61. The fourth-order valence-electron chi connectivity index (χ4n) is 2.34. The van der Waals surface area contributed by atoms with E-state index < -0.39 is 0 Å². The summed E-state index contributed by atoms with van der Waals surface area (Å²) in [6.45, 7) is 3.99. The van der Waals surface area contributed by atoms with Gasteiger partial charge in [0.2, 0.25) is 6.08 Å². The van der Waals surface area contributed by atoms with E-state index in [1.165, 1.54) is 0 Å². The Bertz CT molecular complexity index is 471. The van der Waals surface area contributed by atoms with Gasteiger partial charge in [0.05, 0.1) is 5.54 Å². The van der Waals surface area contributed by atoms with Crippen LogP contribution in [0.15, 0.2) is 17.1 Å². The van der Waals surface area contributed by atoms with E-state index in [0.717, 1.165) is 41.0 Å². The highest BCUT2D eigenvalue weighted by atomic mass is 35.5. The average Bonchev–Trinajstić information content (AvgIpc) is 2.17. The van der Waals surface area contributed by atoms with E-state index in [2.05, 4.69) is 11.1 Å². The smallest absolute Gasteiger partial charge is 0.211 e. The molecule has 0 bridgehead atoms. The topological polar surface area (TPSA) is 29.4 Å². The molecule has 2 rings (SSSR count). The van der Waals surface area contributed by atoms with Crippen molar-refractivity contribution >= 4 is 17.7 Å². The van der Waals surface area contributed by atoms with Crippen LogP contribution in [0.1, 0.15) is 36.0 Å². The Morgan fingerprint density at radius 1 is 1.38 bits per heavy atom. The monoisotopic (exact) mass is 235 g/mol. The fraction of sp³-hybridized carbons (Fsp3) is 0.462. The van der Waals surface area contributed by atoms with E-state index >= 15 is 0 Å². The van der Waals surface area contributed by atoms with Crippen molar-refractivity contribution in [2.75, 3.05) is 0 Å². The van der Waals surface area contributed by atoms with E-state index in [9.17, 15) is 4.79 Å². The first-order chi connectivity index (χ1) is 7.59. The van der Waals surface area contributed by atoms with Crippen LogP contribution in [-0.4, -0.2) is 6.08 Å². The summed E-state index contributed by atoms with van der Waals surface area (Å²) < 4.78 is 0. The average molecular weight is 236 g/mol. The van der Waals surface area contributed by atoms with Crippen LogP contribution in [0.2, 0.25) is 5.02 Å². The third kappa shape index (κ3) is 1.68. The van der Waals surface area contributed by atoms with Crippen molar-refractivity contribution in [2.24, 2.45) is 4.99 Å². The molecule has 1 aromatic rings. The number of rotatable bonds is 2. The molecule has 2 nitrogen and oxygen atoms in total. The zero-order valence-corrected chi connectivity index (χ0v) is 10.3. The minimum absolute atomic E-state index is 0.346. The zero-order chi connectivity index (χ0) is 11.8. The SMILES string of the molecule is Cc1cc(Cl)c(C)c(C2(N=C=O)CCC2)c1. The van der Waals surface area contributed by atoms with Crippen LogP contribution in [0, 0.1) is 13.8 Å². The molecule has 0 N–H and O–H groups in total. The van der Waals surface area contributed by atoms with Crippen molar-refractivity contribution in [3.63, 3.8) is 0 Å². The molecule has 0 amide bonds. The van der Waals surface area contributed by atoms with E-state index in [-0.39, 0.29) is 5.54 Å². The minimum Gasteiger partial charge on any atom is -0.211 e. The number of benzene rings is 1. The zero-order valence-electron chi connectivity index (χ0n) is 9.51. The van der Waals surface area contributed by atoms with Crippen molar-refractivity contribution in [2.45, 2.75) is 38.6 Å². The first kappa shape index (κ1) is 11.4. The lowest BCUT2D eigenvalue weighted by atomic mass is 9.71. The highest BCUT2D eigenvalue weighted by Crippen LogP contribution is 2.47. The van der Waals surface area contributed by atoms with Crippen LogP contribution in [0.3, 0.4) is 0 Å². The van der Waals surface area contributed by atoms with Crippen LogP contribution >= 0.6 is 11.6 Å². The second kappa shape index (κ2) is 4.04. The molecule has 1 saturated carbocycles. The molecule has 0 heterocycles. The molecule has 16 heavy (non-hydrogen) atoms. The molecule has 0 saturated heterocycles. The number of hydrogen-bond donors (Lipinski definition) is 0. The van der Waals surface area contributed by atoms with Gasteiger partial charge >= 0.3 is 0 Å². The Balaban J connectivity index is 2.58. The first-order valence-corrected chi connectivity index (χ1v) is 5.83. The third-order valence-corrected chi connectivity index (χ3v) is 3.82. The minimum atomic E-state index is -0.346. The molecule has 1 aliphatic carbocycles. The molecule has 1 fully saturated rings. The summed E-state index contributed by atoms with van der Waals surface area (Å²) in [6.07, 6.45) is 4.65. The van der Waals surface area contributed by atoms with E-state index in [0.29, 0.717) is 0 Å². The predicted octanol–water partition coefficient (Wildman–Crippen LogP) is 3.67. The van der Waals surface area contributed by atoms with Gasteiger partial charge < -0.3 is 0 Å². The quantitative estimate of drug-likeness (QED) is 0.568. The molecule has 0 atom stereocenters. The summed E-state index contributed by atoms with van der Waals surface area (Å²) in [5.74, 6) is 0. The number of hydrogen-bond acceptors (Lipinski definition) is 2. The molecule has 1 aromatic carbocycles. The van der Waals surface area contributed by atoms with Gasteiger partial charge in [0, 0.05) is 5.02 Å². The maximum atomic E-state index is 10.5. The van der Waals surface area contributed by atoms with Gasteiger partial charge in [0.15, 0.2) is 0 Å². The number of nitrogens with zero attached hydrogens (tertiary/aromatic N) is 1. The number of carbonyl (C=O) groups excluding carboxylic acids is 1. The lowest BCUT2D eigenvalue weighted by Crippen LogP contribution is -2.32. The molecule has 0 aromatic heterocycles.